The first-order valence-corrected chi connectivity index (χ1v) is 12.0. The topological polar surface area (TPSA) is 83.6 Å². The van der Waals surface area contributed by atoms with Crippen molar-refractivity contribution in [3.05, 3.63) is 0 Å². The average Bonchev–Trinajstić information content (AvgIpc) is 2.53. The van der Waals surface area contributed by atoms with Crippen LogP contribution in [-0.2, 0) is 4.57 Å². The lowest BCUT2D eigenvalue weighted by Gasteiger charge is -2.12. The molecule has 146 valence electrons. The first-order valence-electron chi connectivity index (χ1n) is 10.3. The fraction of sp³-hybridized carbons (Fsp3) is 1.00. The van der Waals surface area contributed by atoms with Gasteiger partial charge in [-0.1, -0.05) is 110 Å². The summed E-state index contributed by atoms with van der Waals surface area (Å²) in [5.41, 5.74) is 5.45. The van der Waals surface area contributed by atoms with Crippen LogP contribution in [-0.4, -0.2) is 15.6 Å². The van der Waals surface area contributed by atoms with Gasteiger partial charge in [-0.2, -0.15) is 0 Å². The molecule has 4 nitrogen and oxygen atoms in total. The van der Waals surface area contributed by atoms with E-state index in [1.165, 1.54) is 83.5 Å². The average molecular weight is 364 g/mol. The summed E-state index contributed by atoms with van der Waals surface area (Å²) in [6.07, 6.45) is 21.3. The minimum Gasteiger partial charge on any atom is -0.323 e. The van der Waals surface area contributed by atoms with Crippen molar-refractivity contribution in [3.63, 3.8) is 0 Å². The monoisotopic (exact) mass is 363 g/mol. The zero-order chi connectivity index (χ0) is 18.1. The molecule has 0 aliphatic rings. The summed E-state index contributed by atoms with van der Waals surface area (Å²) in [6, 6.07) is 0. The van der Waals surface area contributed by atoms with Crippen LogP contribution in [0.4, 0.5) is 0 Å². The number of rotatable bonds is 18. The first-order chi connectivity index (χ1) is 11.5. The van der Waals surface area contributed by atoms with E-state index in [-0.39, 0.29) is 0 Å². The molecule has 0 bridgehead atoms. The Morgan fingerprint density at radius 3 is 1.25 bits per heavy atom. The van der Waals surface area contributed by atoms with Crippen molar-refractivity contribution < 1.29 is 14.4 Å². The summed E-state index contributed by atoms with van der Waals surface area (Å²) in [5, 5.41) is 0. The number of hydrogen-bond donors (Lipinski definition) is 3. The van der Waals surface area contributed by atoms with Gasteiger partial charge in [-0.3, -0.25) is 4.57 Å². The van der Waals surface area contributed by atoms with Gasteiger partial charge in [0.05, 0.1) is 0 Å². The van der Waals surface area contributed by atoms with Crippen LogP contribution in [0.3, 0.4) is 0 Å². The van der Waals surface area contributed by atoms with E-state index in [1.807, 2.05) is 0 Å². The summed E-state index contributed by atoms with van der Waals surface area (Å²) in [6.45, 7) is 2.27. The van der Waals surface area contributed by atoms with E-state index in [2.05, 4.69) is 6.92 Å². The molecule has 0 aromatic heterocycles. The lowest BCUT2D eigenvalue weighted by atomic mass is 10.0. The van der Waals surface area contributed by atoms with Gasteiger partial charge >= 0.3 is 7.60 Å². The minimum absolute atomic E-state index is 0.433. The fourth-order valence-electron chi connectivity index (χ4n) is 3.07. The van der Waals surface area contributed by atoms with Gasteiger partial charge in [0.15, 0.2) is 0 Å². The highest BCUT2D eigenvalue weighted by molar-refractivity contribution is 7.52. The molecule has 0 fully saturated rings. The molecule has 5 heteroatoms. The fourth-order valence-corrected chi connectivity index (χ4v) is 3.59. The van der Waals surface area contributed by atoms with Crippen molar-refractivity contribution in [2.75, 3.05) is 0 Å². The first kappa shape index (κ1) is 24.1. The van der Waals surface area contributed by atoms with Crippen LogP contribution in [0.1, 0.15) is 116 Å². The van der Waals surface area contributed by atoms with Gasteiger partial charge < -0.3 is 15.5 Å². The lowest BCUT2D eigenvalue weighted by molar-refractivity contribution is 0.353. The van der Waals surface area contributed by atoms with Crippen molar-refractivity contribution in [3.8, 4) is 0 Å². The lowest BCUT2D eigenvalue weighted by Crippen LogP contribution is -2.19. The third kappa shape index (κ3) is 17.0. The highest BCUT2D eigenvalue weighted by Crippen LogP contribution is 2.40. The smallest absolute Gasteiger partial charge is 0.323 e. The molecule has 0 aromatic rings. The molecule has 0 aliphatic heterocycles. The molecule has 1 atom stereocenters. The van der Waals surface area contributed by atoms with Crippen molar-refractivity contribution in [2.45, 2.75) is 122 Å². The Labute approximate surface area is 150 Å². The zero-order valence-corrected chi connectivity index (χ0v) is 16.8. The normalized spacial score (nSPS) is 13.3. The molecule has 0 aromatic carbocycles. The second-order valence-corrected chi connectivity index (χ2v) is 9.09. The molecule has 4 N–H and O–H groups in total. The van der Waals surface area contributed by atoms with Crippen LogP contribution in [0.15, 0.2) is 0 Å². The van der Waals surface area contributed by atoms with Gasteiger partial charge in [0.1, 0.15) is 5.78 Å². The Kier molecular flexibility index (Phi) is 16.6. The zero-order valence-electron chi connectivity index (χ0n) is 15.9. The van der Waals surface area contributed by atoms with Crippen LogP contribution >= 0.6 is 7.60 Å². The predicted molar refractivity (Wildman–Crippen MR) is 104 cm³/mol. The van der Waals surface area contributed by atoms with Crippen LogP contribution in [0.2, 0.25) is 0 Å². The van der Waals surface area contributed by atoms with E-state index in [0.29, 0.717) is 6.42 Å². The number of nitrogens with two attached hydrogens (primary N) is 1. The molecule has 0 heterocycles. The summed E-state index contributed by atoms with van der Waals surface area (Å²) in [7, 11) is -4.07. The second-order valence-electron chi connectivity index (χ2n) is 7.25. The van der Waals surface area contributed by atoms with Crippen molar-refractivity contribution in [1.82, 2.24) is 0 Å². The Morgan fingerprint density at radius 1 is 0.667 bits per heavy atom. The maximum atomic E-state index is 10.9. The SMILES string of the molecule is CCCCCCCCCCCCCCCCCCC(N)P(=O)(O)O. The van der Waals surface area contributed by atoms with Crippen LogP contribution in [0.5, 0.6) is 0 Å². The Morgan fingerprint density at radius 2 is 0.958 bits per heavy atom. The summed E-state index contributed by atoms with van der Waals surface area (Å²) < 4.78 is 10.9. The second kappa shape index (κ2) is 16.6. The van der Waals surface area contributed by atoms with E-state index < -0.39 is 13.4 Å². The van der Waals surface area contributed by atoms with Gasteiger partial charge in [0.25, 0.3) is 0 Å². The molecule has 0 saturated carbocycles. The largest absolute Gasteiger partial charge is 0.342 e. The standard InChI is InChI=1S/C19H42NO3P/c1-2-3-4-5-6-7-8-9-10-11-12-13-14-15-16-17-18-19(20)24(21,22)23/h19H,2-18,20H2,1H3,(H2,21,22,23). The minimum atomic E-state index is -4.07. The van der Waals surface area contributed by atoms with Gasteiger partial charge in [-0.05, 0) is 6.42 Å². The molecule has 0 spiro atoms. The van der Waals surface area contributed by atoms with Crippen molar-refractivity contribution in [1.29, 1.82) is 0 Å². The third-order valence-corrected chi connectivity index (χ3v) is 5.91. The van der Waals surface area contributed by atoms with Gasteiger partial charge in [0, 0.05) is 0 Å². The van der Waals surface area contributed by atoms with Crippen LogP contribution in [0, 0.1) is 0 Å². The van der Waals surface area contributed by atoms with E-state index >= 15 is 0 Å². The van der Waals surface area contributed by atoms with Crippen molar-refractivity contribution >= 4 is 7.60 Å². The van der Waals surface area contributed by atoms with Gasteiger partial charge in [0.2, 0.25) is 0 Å². The molecule has 0 amide bonds. The molecule has 0 aliphatic carbocycles. The molecule has 24 heavy (non-hydrogen) atoms. The summed E-state index contributed by atoms with van der Waals surface area (Å²) in [5.74, 6) is -0.968. The third-order valence-electron chi connectivity index (χ3n) is 4.79. The quantitative estimate of drug-likeness (QED) is 0.203. The van der Waals surface area contributed by atoms with Crippen LogP contribution < -0.4 is 5.73 Å². The van der Waals surface area contributed by atoms with Gasteiger partial charge in [-0.25, -0.2) is 0 Å². The Balaban J connectivity index is 3.12. The van der Waals surface area contributed by atoms with Crippen LogP contribution in [0.25, 0.3) is 0 Å². The van der Waals surface area contributed by atoms with E-state index in [9.17, 15) is 4.57 Å². The molecule has 0 saturated heterocycles. The molecular weight excluding hydrogens is 321 g/mol. The molecular formula is C19H42NO3P. The van der Waals surface area contributed by atoms with Gasteiger partial charge in [-0.15, -0.1) is 0 Å². The summed E-state index contributed by atoms with van der Waals surface area (Å²) >= 11 is 0. The highest BCUT2D eigenvalue weighted by atomic mass is 31.2. The summed E-state index contributed by atoms with van der Waals surface area (Å²) in [4.78, 5) is 17.8. The predicted octanol–water partition coefficient (Wildman–Crippen LogP) is 6.10. The molecule has 0 radical (unpaired) electrons. The maximum absolute atomic E-state index is 10.9. The van der Waals surface area contributed by atoms with E-state index in [4.69, 9.17) is 15.5 Å². The van der Waals surface area contributed by atoms with E-state index in [1.54, 1.807) is 0 Å². The molecule has 0 rings (SSSR count). The number of unbranched alkanes of at least 4 members (excludes halogenated alkanes) is 15. The maximum Gasteiger partial charge on any atom is 0.342 e. The van der Waals surface area contributed by atoms with E-state index in [0.717, 1.165) is 19.3 Å². The number of hydrogen-bond acceptors (Lipinski definition) is 2. The molecule has 1 unspecified atom stereocenters. The van der Waals surface area contributed by atoms with Crippen molar-refractivity contribution in [2.24, 2.45) is 5.73 Å². The Hall–Kier alpha value is 0.110. The highest BCUT2D eigenvalue weighted by Gasteiger charge is 2.23. The Bertz CT molecular complexity index is 307.